The van der Waals surface area contributed by atoms with Crippen LogP contribution in [0.4, 0.5) is 9.80 Å². The number of fused-ring (bicyclic) bond motifs is 1. The van der Waals surface area contributed by atoms with Crippen molar-refractivity contribution in [2.24, 2.45) is 17.1 Å². The first-order valence-electron chi connectivity index (χ1n) is 14.9. The van der Waals surface area contributed by atoms with Gasteiger partial charge in [-0.25, -0.2) is 4.79 Å². The number of carbonyl (C=O) groups is 5. The molecule has 2 saturated heterocycles. The number of benzene rings is 1. The van der Waals surface area contributed by atoms with Gasteiger partial charge < -0.3 is 25.4 Å². The number of hydrogen-bond donors (Lipinski definition) is 3. The van der Waals surface area contributed by atoms with E-state index in [4.69, 9.17) is 15.2 Å². The Bertz CT molecular complexity index is 1360. The first kappa shape index (κ1) is 32.2. The number of ether oxygens (including phenoxy) is 2. The van der Waals surface area contributed by atoms with Crippen LogP contribution in [0.3, 0.4) is 0 Å². The molecule has 0 radical (unpaired) electrons. The van der Waals surface area contributed by atoms with E-state index in [1.54, 1.807) is 18.7 Å². The maximum absolute atomic E-state index is 14.1. The zero-order chi connectivity index (χ0) is 31.1. The van der Waals surface area contributed by atoms with Crippen LogP contribution in [0.25, 0.3) is 10.1 Å². The lowest BCUT2D eigenvalue weighted by Gasteiger charge is -2.48. The number of urea groups is 1. The predicted molar refractivity (Wildman–Crippen MR) is 163 cm³/mol. The third-order valence-corrected chi connectivity index (χ3v) is 9.21. The summed E-state index contributed by atoms with van der Waals surface area (Å²) < 4.78 is 11.7. The minimum absolute atomic E-state index is 0.103. The lowest BCUT2D eigenvalue weighted by Crippen LogP contribution is -2.60. The molecule has 2 aliphatic rings. The van der Waals surface area contributed by atoms with Gasteiger partial charge in [0.2, 0.25) is 5.91 Å². The number of likely N-dealkylation sites (tertiary alicyclic amines) is 2. The molecular weight excluding hydrogens is 574 g/mol. The van der Waals surface area contributed by atoms with Crippen molar-refractivity contribution in [2.75, 3.05) is 51.3 Å². The maximum atomic E-state index is 14.1. The highest BCUT2D eigenvalue weighted by atomic mass is 32.1. The SMILES string of the molecule is CCNC(=O)Nc1sc2ccccc2c1C(=O)N1CCC(N2CCCC(CC(N)=O)(C(=O)OCC)C2)C(C(=O)OCC)C1. The fourth-order valence-corrected chi connectivity index (χ4v) is 7.39. The molecule has 2 aromatic rings. The minimum Gasteiger partial charge on any atom is -0.466 e. The van der Waals surface area contributed by atoms with Gasteiger partial charge in [-0.2, -0.15) is 0 Å². The molecular formula is C30H41N5O7S. The molecule has 0 saturated carbocycles. The molecule has 1 aromatic carbocycles. The summed E-state index contributed by atoms with van der Waals surface area (Å²) >= 11 is 1.32. The highest BCUT2D eigenvalue weighted by Gasteiger charge is 2.49. The van der Waals surface area contributed by atoms with Crippen LogP contribution in [0.1, 0.15) is 56.8 Å². The number of anilines is 1. The Morgan fingerprint density at radius 3 is 2.51 bits per heavy atom. The second-order valence-electron chi connectivity index (χ2n) is 11.0. The van der Waals surface area contributed by atoms with Crippen molar-refractivity contribution >= 4 is 56.2 Å². The lowest BCUT2D eigenvalue weighted by molar-refractivity contribution is -0.164. The van der Waals surface area contributed by atoms with Crippen molar-refractivity contribution in [1.29, 1.82) is 0 Å². The molecule has 4 N–H and O–H groups in total. The number of primary amides is 1. The van der Waals surface area contributed by atoms with E-state index in [0.717, 1.165) is 10.1 Å². The molecule has 13 heteroatoms. The number of nitrogens with one attached hydrogen (secondary N) is 2. The van der Waals surface area contributed by atoms with Gasteiger partial charge in [-0.05, 0) is 52.6 Å². The van der Waals surface area contributed by atoms with Gasteiger partial charge >= 0.3 is 18.0 Å². The largest absolute Gasteiger partial charge is 0.466 e. The van der Waals surface area contributed by atoms with Crippen LogP contribution in [0.5, 0.6) is 0 Å². The second-order valence-corrected chi connectivity index (χ2v) is 12.0. The number of amides is 4. The number of piperidine rings is 2. The summed E-state index contributed by atoms with van der Waals surface area (Å²) in [5.74, 6) is -2.45. The number of nitrogens with two attached hydrogens (primary N) is 1. The van der Waals surface area contributed by atoms with Gasteiger partial charge in [-0.1, -0.05) is 18.2 Å². The van der Waals surface area contributed by atoms with Gasteiger partial charge in [0, 0.05) is 48.7 Å². The van der Waals surface area contributed by atoms with Crippen molar-refractivity contribution in [3.05, 3.63) is 29.8 Å². The van der Waals surface area contributed by atoms with Gasteiger partial charge in [0.1, 0.15) is 5.00 Å². The molecule has 4 rings (SSSR count). The summed E-state index contributed by atoms with van der Waals surface area (Å²) in [7, 11) is 0. The third-order valence-electron chi connectivity index (χ3n) is 8.12. The Hall–Kier alpha value is -3.71. The average Bonchev–Trinajstić information content (AvgIpc) is 3.34. The number of rotatable bonds is 10. The van der Waals surface area contributed by atoms with E-state index in [1.165, 1.54) is 11.3 Å². The summed E-state index contributed by atoms with van der Waals surface area (Å²) in [4.78, 5) is 68.7. The highest BCUT2D eigenvalue weighted by Crippen LogP contribution is 2.40. The molecule has 234 valence electrons. The molecule has 43 heavy (non-hydrogen) atoms. The Morgan fingerprint density at radius 1 is 1.07 bits per heavy atom. The van der Waals surface area contributed by atoms with E-state index in [0.29, 0.717) is 49.5 Å². The Kier molecular flexibility index (Phi) is 10.6. The van der Waals surface area contributed by atoms with Crippen LogP contribution in [0.2, 0.25) is 0 Å². The number of hydrogen-bond acceptors (Lipinski definition) is 9. The molecule has 3 unspecified atom stereocenters. The van der Waals surface area contributed by atoms with Crippen molar-refractivity contribution in [3.63, 3.8) is 0 Å². The summed E-state index contributed by atoms with van der Waals surface area (Å²) in [6.45, 7) is 7.34. The van der Waals surface area contributed by atoms with E-state index in [2.05, 4.69) is 15.5 Å². The van der Waals surface area contributed by atoms with Crippen LogP contribution >= 0.6 is 11.3 Å². The smallest absolute Gasteiger partial charge is 0.319 e. The molecule has 3 atom stereocenters. The topological polar surface area (TPSA) is 160 Å². The van der Waals surface area contributed by atoms with Crippen LogP contribution in [-0.4, -0.2) is 91.6 Å². The van der Waals surface area contributed by atoms with Gasteiger partial charge in [-0.15, -0.1) is 11.3 Å². The van der Waals surface area contributed by atoms with Gasteiger partial charge in [-0.3, -0.25) is 29.4 Å². The quantitative estimate of drug-likeness (QED) is 0.344. The van der Waals surface area contributed by atoms with Gasteiger partial charge in [0.15, 0.2) is 0 Å². The fourth-order valence-electron chi connectivity index (χ4n) is 6.31. The minimum atomic E-state index is -1.10. The highest BCUT2D eigenvalue weighted by molar-refractivity contribution is 7.23. The molecule has 2 aliphatic heterocycles. The van der Waals surface area contributed by atoms with E-state index < -0.39 is 35.2 Å². The van der Waals surface area contributed by atoms with Gasteiger partial charge in [0.25, 0.3) is 5.91 Å². The summed E-state index contributed by atoms with van der Waals surface area (Å²) in [6.07, 6.45) is 1.39. The van der Waals surface area contributed by atoms with Crippen molar-refractivity contribution in [3.8, 4) is 0 Å². The van der Waals surface area contributed by atoms with Crippen molar-refractivity contribution in [1.82, 2.24) is 15.1 Å². The number of nitrogens with zero attached hydrogens (tertiary/aromatic N) is 2. The normalized spacial score (nSPS) is 22.5. The van der Waals surface area contributed by atoms with Crippen LogP contribution in [0.15, 0.2) is 24.3 Å². The molecule has 4 amide bonds. The summed E-state index contributed by atoms with van der Waals surface area (Å²) in [5, 5.41) is 6.68. The predicted octanol–water partition coefficient (Wildman–Crippen LogP) is 2.96. The Labute approximate surface area is 255 Å². The Balaban J connectivity index is 1.62. The molecule has 3 heterocycles. The van der Waals surface area contributed by atoms with Gasteiger partial charge in [0.05, 0.1) is 30.1 Å². The van der Waals surface area contributed by atoms with Crippen LogP contribution in [-0.2, 0) is 23.9 Å². The van der Waals surface area contributed by atoms with Crippen molar-refractivity contribution in [2.45, 2.75) is 52.5 Å². The van der Waals surface area contributed by atoms with Crippen LogP contribution in [0, 0.1) is 11.3 Å². The fraction of sp³-hybridized carbons (Fsp3) is 0.567. The van der Waals surface area contributed by atoms with E-state index in [-0.39, 0.29) is 44.7 Å². The average molecular weight is 616 g/mol. The van der Waals surface area contributed by atoms with Crippen LogP contribution < -0.4 is 16.4 Å². The standard InChI is InChI=1S/C30H41N5O7S/c1-4-32-29(40)33-25-24(19-10-7-8-11-22(19)43-25)26(37)34-15-12-21(20(17-34)27(38)41-5-2)35-14-9-13-30(18-35,16-23(31)36)28(39)42-6-3/h7-8,10-11,20-21H,4-6,9,12-18H2,1-3H3,(H2,31,36)(H2,32,33,40). The molecule has 0 spiro atoms. The monoisotopic (exact) mass is 615 g/mol. The first-order chi connectivity index (χ1) is 20.6. The van der Waals surface area contributed by atoms with E-state index in [1.807, 2.05) is 31.2 Å². The summed E-state index contributed by atoms with van der Waals surface area (Å²) in [5.41, 5.74) is 4.85. The van der Waals surface area contributed by atoms with E-state index in [9.17, 15) is 24.0 Å². The maximum Gasteiger partial charge on any atom is 0.319 e. The zero-order valence-electron chi connectivity index (χ0n) is 25.0. The molecule has 0 bridgehead atoms. The summed E-state index contributed by atoms with van der Waals surface area (Å²) in [6, 6.07) is 6.73. The molecule has 0 aliphatic carbocycles. The first-order valence-corrected chi connectivity index (χ1v) is 15.7. The number of esters is 2. The molecule has 2 fully saturated rings. The second kappa shape index (κ2) is 14.2. The third kappa shape index (κ3) is 7.10. The van der Waals surface area contributed by atoms with Crippen molar-refractivity contribution < 1.29 is 33.4 Å². The lowest BCUT2D eigenvalue weighted by atomic mass is 9.75. The molecule has 1 aromatic heterocycles. The van der Waals surface area contributed by atoms with E-state index >= 15 is 0 Å². The zero-order valence-corrected chi connectivity index (χ0v) is 25.8. The number of carbonyl (C=O) groups excluding carboxylic acids is 5. The molecule has 12 nitrogen and oxygen atoms in total. The Morgan fingerprint density at radius 2 is 1.81 bits per heavy atom. The number of thiophene rings is 1.